The number of nitrogens with one attached hydrogen (secondary N) is 2. The molecule has 0 bridgehead atoms. The number of hydrogen-bond donors (Lipinski definition) is 2. The number of nitrogens with zero attached hydrogens (tertiary/aromatic N) is 2. The predicted molar refractivity (Wildman–Crippen MR) is 104 cm³/mol. The molecule has 2 N–H and O–H groups in total. The lowest BCUT2D eigenvalue weighted by Gasteiger charge is -2.12. The molecule has 0 saturated carbocycles. The third-order valence-corrected chi connectivity index (χ3v) is 3.78. The standard InChI is InChI=1S/C20H22N4O2/c1-13-6-5-7-15(10-13)22-19-11-14(2)21-20(24-19)23-16-8-9-17(25-3)18(12-16)26-4/h5-12H,1-4H3,(H2,21,22,23,24). The number of benzene rings is 2. The van der Waals surface area contributed by atoms with Crippen LogP contribution in [0.25, 0.3) is 0 Å². The van der Waals surface area contributed by atoms with Crippen molar-refractivity contribution in [1.82, 2.24) is 9.97 Å². The minimum Gasteiger partial charge on any atom is -0.493 e. The van der Waals surface area contributed by atoms with E-state index in [1.165, 1.54) is 5.56 Å². The van der Waals surface area contributed by atoms with Crippen LogP contribution in [0.4, 0.5) is 23.1 Å². The molecule has 0 fully saturated rings. The largest absolute Gasteiger partial charge is 0.493 e. The predicted octanol–water partition coefficient (Wildman–Crippen LogP) is 4.60. The number of aromatic nitrogens is 2. The minimum absolute atomic E-state index is 0.507. The molecule has 134 valence electrons. The highest BCUT2D eigenvalue weighted by molar-refractivity contribution is 5.63. The number of rotatable bonds is 6. The van der Waals surface area contributed by atoms with Gasteiger partial charge in [0.1, 0.15) is 5.82 Å². The summed E-state index contributed by atoms with van der Waals surface area (Å²) in [5.41, 5.74) is 3.84. The Morgan fingerprint density at radius 2 is 1.54 bits per heavy atom. The fourth-order valence-corrected chi connectivity index (χ4v) is 2.60. The molecule has 26 heavy (non-hydrogen) atoms. The molecule has 0 aliphatic heterocycles. The Bertz CT molecular complexity index is 912. The van der Waals surface area contributed by atoms with Gasteiger partial charge >= 0.3 is 0 Å². The number of methoxy groups -OCH3 is 2. The molecule has 1 heterocycles. The average Bonchev–Trinajstić information content (AvgIpc) is 2.61. The van der Waals surface area contributed by atoms with E-state index in [0.717, 1.165) is 22.9 Å². The van der Waals surface area contributed by atoms with Crippen molar-refractivity contribution in [2.45, 2.75) is 13.8 Å². The summed E-state index contributed by atoms with van der Waals surface area (Å²) < 4.78 is 10.6. The molecule has 6 heteroatoms. The Labute approximate surface area is 153 Å². The molecule has 0 spiro atoms. The van der Waals surface area contributed by atoms with Gasteiger partial charge in [-0.25, -0.2) is 4.98 Å². The van der Waals surface area contributed by atoms with Gasteiger partial charge in [-0.05, 0) is 43.7 Å². The Hall–Kier alpha value is -3.28. The summed E-state index contributed by atoms with van der Waals surface area (Å²) >= 11 is 0. The van der Waals surface area contributed by atoms with Crippen LogP contribution in [-0.2, 0) is 0 Å². The van der Waals surface area contributed by atoms with Gasteiger partial charge in [-0.3, -0.25) is 0 Å². The first kappa shape index (κ1) is 17.5. The molecule has 0 atom stereocenters. The zero-order chi connectivity index (χ0) is 18.5. The first-order valence-corrected chi connectivity index (χ1v) is 8.26. The summed E-state index contributed by atoms with van der Waals surface area (Å²) in [5.74, 6) is 2.55. The van der Waals surface area contributed by atoms with E-state index in [1.54, 1.807) is 14.2 Å². The molecule has 0 aliphatic rings. The van der Waals surface area contributed by atoms with Crippen LogP contribution in [0, 0.1) is 13.8 Å². The van der Waals surface area contributed by atoms with Gasteiger partial charge < -0.3 is 20.1 Å². The fraction of sp³-hybridized carbons (Fsp3) is 0.200. The molecule has 3 aromatic rings. The van der Waals surface area contributed by atoms with Crippen molar-refractivity contribution in [3.8, 4) is 11.5 Å². The lowest BCUT2D eigenvalue weighted by Crippen LogP contribution is -2.03. The van der Waals surface area contributed by atoms with Crippen molar-refractivity contribution >= 4 is 23.1 Å². The molecule has 6 nitrogen and oxygen atoms in total. The Morgan fingerprint density at radius 1 is 0.769 bits per heavy atom. The maximum Gasteiger partial charge on any atom is 0.229 e. The second kappa shape index (κ2) is 7.74. The van der Waals surface area contributed by atoms with Crippen LogP contribution in [0.1, 0.15) is 11.3 Å². The zero-order valence-corrected chi connectivity index (χ0v) is 15.3. The smallest absolute Gasteiger partial charge is 0.229 e. The van der Waals surface area contributed by atoms with Crippen LogP contribution >= 0.6 is 0 Å². The average molecular weight is 350 g/mol. The van der Waals surface area contributed by atoms with Crippen LogP contribution in [0.3, 0.4) is 0 Å². The molecule has 1 aromatic heterocycles. The molecule has 0 aliphatic carbocycles. The molecule has 0 unspecified atom stereocenters. The van der Waals surface area contributed by atoms with E-state index in [-0.39, 0.29) is 0 Å². The fourth-order valence-electron chi connectivity index (χ4n) is 2.60. The zero-order valence-electron chi connectivity index (χ0n) is 15.3. The number of anilines is 4. The van der Waals surface area contributed by atoms with Gasteiger partial charge in [0.2, 0.25) is 5.95 Å². The van der Waals surface area contributed by atoms with E-state index in [4.69, 9.17) is 9.47 Å². The van der Waals surface area contributed by atoms with Crippen molar-refractivity contribution in [1.29, 1.82) is 0 Å². The quantitative estimate of drug-likeness (QED) is 0.677. The number of aryl methyl sites for hydroxylation is 2. The summed E-state index contributed by atoms with van der Waals surface area (Å²) in [6.45, 7) is 3.99. The van der Waals surface area contributed by atoms with Crippen molar-refractivity contribution < 1.29 is 9.47 Å². The molecule has 0 saturated heterocycles. The van der Waals surface area contributed by atoms with Crippen molar-refractivity contribution in [3.05, 3.63) is 59.8 Å². The normalized spacial score (nSPS) is 10.3. The number of ether oxygens (including phenoxy) is 2. The molecular weight excluding hydrogens is 328 g/mol. The van der Waals surface area contributed by atoms with Crippen LogP contribution in [0.2, 0.25) is 0 Å². The highest BCUT2D eigenvalue weighted by Gasteiger charge is 2.07. The van der Waals surface area contributed by atoms with Gasteiger partial charge in [0.25, 0.3) is 0 Å². The first-order chi connectivity index (χ1) is 12.6. The topological polar surface area (TPSA) is 68.3 Å². The van der Waals surface area contributed by atoms with Crippen LogP contribution < -0.4 is 20.1 Å². The van der Waals surface area contributed by atoms with Gasteiger partial charge in [-0.15, -0.1) is 0 Å². The van der Waals surface area contributed by atoms with E-state index in [2.05, 4.69) is 39.7 Å². The third kappa shape index (κ3) is 4.22. The second-order valence-electron chi connectivity index (χ2n) is 5.91. The van der Waals surface area contributed by atoms with E-state index in [9.17, 15) is 0 Å². The van der Waals surface area contributed by atoms with Crippen molar-refractivity contribution in [2.24, 2.45) is 0 Å². The lowest BCUT2D eigenvalue weighted by molar-refractivity contribution is 0.355. The first-order valence-electron chi connectivity index (χ1n) is 8.26. The van der Waals surface area contributed by atoms with E-state index < -0.39 is 0 Å². The van der Waals surface area contributed by atoms with E-state index in [1.807, 2.05) is 43.3 Å². The monoisotopic (exact) mass is 350 g/mol. The Morgan fingerprint density at radius 3 is 2.27 bits per heavy atom. The van der Waals surface area contributed by atoms with E-state index >= 15 is 0 Å². The summed E-state index contributed by atoms with van der Waals surface area (Å²) in [6.07, 6.45) is 0. The molecular formula is C20H22N4O2. The van der Waals surface area contributed by atoms with Gasteiger partial charge in [0, 0.05) is 29.2 Å². The Balaban J connectivity index is 1.83. The van der Waals surface area contributed by atoms with Crippen LogP contribution in [-0.4, -0.2) is 24.2 Å². The van der Waals surface area contributed by atoms with Crippen LogP contribution in [0.5, 0.6) is 11.5 Å². The SMILES string of the molecule is COc1ccc(Nc2nc(C)cc(Nc3cccc(C)c3)n2)cc1OC. The number of hydrogen-bond acceptors (Lipinski definition) is 6. The second-order valence-corrected chi connectivity index (χ2v) is 5.91. The maximum atomic E-state index is 5.33. The summed E-state index contributed by atoms with van der Waals surface area (Å²) in [6, 6.07) is 15.6. The van der Waals surface area contributed by atoms with Crippen LogP contribution in [0.15, 0.2) is 48.5 Å². The van der Waals surface area contributed by atoms with Gasteiger partial charge in [0.05, 0.1) is 14.2 Å². The summed E-state index contributed by atoms with van der Waals surface area (Å²) in [5, 5.41) is 6.53. The van der Waals surface area contributed by atoms with E-state index in [0.29, 0.717) is 17.4 Å². The highest BCUT2D eigenvalue weighted by Crippen LogP contribution is 2.30. The molecule has 2 aromatic carbocycles. The minimum atomic E-state index is 0.507. The lowest BCUT2D eigenvalue weighted by atomic mass is 10.2. The van der Waals surface area contributed by atoms with Gasteiger partial charge in [0.15, 0.2) is 11.5 Å². The van der Waals surface area contributed by atoms with Gasteiger partial charge in [-0.1, -0.05) is 12.1 Å². The highest BCUT2D eigenvalue weighted by atomic mass is 16.5. The molecule has 3 rings (SSSR count). The van der Waals surface area contributed by atoms with Gasteiger partial charge in [-0.2, -0.15) is 4.98 Å². The summed E-state index contributed by atoms with van der Waals surface area (Å²) in [4.78, 5) is 9.00. The molecule has 0 amide bonds. The van der Waals surface area contributed by atoms with Crippen molar-refractivity contribution in [2.75, 3.05) is 24.9 Å². The third-order valence-electron chi connectivity index (χ3n) is 3.78. The Kier molecular flexibility index (Phi) is 5.22. The van der Waals surface area contributed by atoms with Crippen molar-refractivity contribution in [3.63, 3.8) is 0 Å². The maximum absolute atomic E-state index is 5.33. The summed E-state index contributed by atoms with van der Waals surface area (Å²) in [7, 11) is 3.21. The molecule has 0 radical (unpaired) electrons.